The van der Waals surface area contributed by atoms with Crippen LogP contribution in [0.2, 0.25) is 0 Å². The van der Waals surface area contributed by atoms with Crippen molar-refractivity contribution in [1.29, 1.82) is 0 Å². The molecule has 4 heteroatoms. The van der Waals surface area contributed by atoms with Gasteiger partial charge in [0.2, 0.25) is 0 Å². The number of para-hydroxylation sites is 2. The van der Waals surface area contributed by atoms with Crippen LogP contribution in [0.3, 0.4) is 0 Å². The van der Waals surface area contributed by atoms with Crippen molar-refractivity contribution in [2.24, 2.45) is 0 Å². The summed E-state index contributed by atoms with van der Waals surface area (Å²) in [6.07, 6.45) is 2.08. The first-order valence-corrected chi connectivity index (χ1v) is 8.28. The molecule has 0 aliphatic carbocycles. The van der Waals surface area contributed by atoms with Crippen LogP contribution in [0.1, 0.15) is 6.92 Å². The van der Waals surface area contributed by atoms with Crippen LogP contribution in [-0.4, -0.2) is 26.0 Å². The quantitative estimate of drug-likeness (QED) is 0.582. The minimum Gasteiger partial charge on any atom is -0.490 e. The van der Waals surface area contributed by atoms with Crippen molar-refractivity contribution in [1.82, 2.24) is 0 Å². The van der Waals surface area contributed by atoms with Crippen LogP contribution in [0.15, 0.2) is 53.4 Å². The third-order valence-electron chi connectivity index (χ3n) is 2.91. The smallest absolute Gasteiger partial charge is 0.161 e. The minimum atomic E-state index is 0.591. The molecule has 0 saturated carbocycles. The molecular formula is C17H21NO2S. The molecule has 0 aliphatic rings. The number of benzene rings is 2. The van der Waals surface area contributed by atoms with Crippen LogP contribution in [0.4, 0.5) is 5.69 Å². The SMILES string of the molecule is CCOc1ccccc1OCCNc1cccc(SC)c1. The predicted octanol–water partition coefficient (Wildman–Crippen LogP) is 4.30. The van der Waals surface area contributed by atoms with Gasteiger partial charge in [-0.05, 0) is 43.5 Å². The van der Waals surface area contributed by atoms with Crippen LogP contribution < -0.4 is 14.8 Å². The van der Waals surface area contributed by atoms with E-state index in [1.54, 1.807) is 11.8 Å². The third-order valence-corrected chi connectivity index (χ3v) is 3.63. The zero-order chi connectivity index (χ0) is 14.9. The molecule has 0 heterocycles. The average Bonchev–Trinajstić information content (AvgIpc) is 2.53. The molecule has 3 nitrogen and oxygen atoms in total. The standard InChI is InChI=1S/C17H21NO2S/c1-3-19-16-9-4-5-10-17(16)20-12-11-18-14-7-6-8-15(13-14)21-2/h4-10,13,18H,3,11-12H2,1-2H3. The van der Waals surface area contributed by atoms with E-state index in [0.29, 0.717) is 13.2 Å². The molecule has 0 saturated heterocycles. The average molecular weight is 303 g/mol. The first-order chi connectivity index (χ1) is 10.3. The van der Waals surface area contributed by atoms with Crippen LogP contribution in [0.5, 0.6) is 11.5 Å². The first kappa shape index (κ1) is 15.6. The summed E-state index contributed by atoms with van der Waals surface area (Å²) in [6, 6.07) is 16.1. The van der Waals surface area contributed by atoms with E-state index in [1.807, 2.05) is 31.2 Å². The van der Waals surface area contributed by atoms with Crippen LogP contribution in [0, 0.1) is 0 Å². The van der Waals surface area contributed by atoms with Crippen molar-refractivity contribution in [2.75, 3.05) is 31.3 Å². The zero-order valence-electron chi connectivity index (χ0n) is 12.5. The number of thioether (sulfide) groups is 1. The number of nitrogens with one attached hydrogen (secondary N) is 1. The van der Waals surface area contributed by atoms with Crippen LogP contribution >= 0.6 is 11.8 Å². The molecule has 0 aliphatic heterocycles. The summed E-state index contributed by atoms with van der Waals surface area (Å²) in [5.74, 6) is 1.59. The second kappa shape index (κ2) is 8.47. The molecule has 0 fully saturated rings. The lowest BCUT2D eigenvalue weighted by molar-refractivity contribution is 0.284. The topological polar surface area (TPSA) is 30.5 Å². The molecule has 2 rings (SSSR count). The molecule has 0 unspecified atom stereocenters. The molecule has 1 N–H and O–H groups in total. The molecule has 0 bridgehead atoms. The Kier molecular flexibility index (Phi) is 6.28. The maximum Gasteiger partial charge on any atom is 0.161 e. The van der Waals surface area contributed by atoms with Gasteiger partial charge < -0.3 is 14.8 Å². The number of rotatable bonds is 8. The van der Waals surface area contributed by atoms with Gasteiger partial charge in [-0.2, -0.15) is 0 Å². The highest BCUT2D eigenvalue weighted by atomic mass is 32.2. The fourth-order valence-electron chi connectivity index (χ4n) is 1.93. The van der Waals surface area contributed by atoms with Crippen molar-refractivity contribution in [3.63, 3.8) is 0 Å². The Morgan fingerprint density at radius 2 is 1.76 bits per heavy atom. The maximum absolute atomic E-state index is 5.78. The van der Waals surface area contributed by atoms with Crippen LogP contribution in [-0.2, 0) is 0 Å². The molecule has 0 aromatic heterocycles. The molecule has 0 atom stereocenters. The summed E-state index contributed by atoms with van der Waals surface area (Å²) in [6.45, 7) is 3.95. The van der Waals surface area contributed by atoms with Gasteiger partial charge in [0.15, 0.2) is 11.5 Å². The summed E-state index contributed by atoms with van der Waals surface area (Å²) in [7, 11) is 0. The number of ether oxygens (including phenoxy) is 2. The second-order valence-electron chi connectivity index (χ2n) is 4.39. The lowest BCUT2D eigenvalue weighted by Crippen LogP contribution is -2.12. The van der Waals surface area contributed by atoms with E-state index < -0.39 is 0 Å². The predicted molar refractivity (Wildman–Crippen MR) is 89.8 cm³/mol. The van der Waals surface area contributed by atoms with Crippen molar-refractivity contribution < 1.29 is 9.47 Å². The van der Waals surface area contributed by atoms with Gasteiger partial charge in [0.25, 0.3) is 0 Å². The highest BCUT2D eigenvalue weighted by Crippen LogP contribution is 2.26. The van der Waals surface area contributed by atoms with E-state index in [-0.39, 0.29) is 0 Å². The summed E-state index contributed by atoms with van der Waals surface area (Å²) >= 11 is 1.74. The van der Waals surface area contributed by atoms with Gasteiger partial charge in [-0.15, -0.1) is 11.8 Å². The van der Waals surface area contributed by atoms with E-state index in [2.05, 4.69) is 35.8 Å². The van der Waals surface area contributed by atoms with E-state index in [9.17, 15) is 0 Å². The highest BCUT2D eigenvalue weighted by Gasteiger charge is 2.02. The Morgan fingerprint density at radius 3 is 2.48 bits per heavy atom. The lowest BCUT2D eigenvalue weighted by atomic mass is 10.3. The van der Waals surface area contributed by atoms with E-state index >= 15 is 0 Å². The Labute approximate surface area is 130 Å². The van der Waals surface area contributed by atoms with Gasteiger partial charge in [0, 0.05) is 17.1 Å². The third kappa shape index (κ3) is 4.90. The molecular weight excluding hydrogens is 282 g/mol. The Hall–Kier alpha value is -1.81. The molecule has 2 aromatic rings. The Morgan fingerprint density at radius 1 is 1.00 bits per heavy atom. The largest absolute Gasteiger partial charge is 0.490 e. The summed E-state index contributed by atoms with van der Waals surface area (Å²) in [5.41, 5.74) is 1.11. The molecule has 21 heavy (non-hydrogen) atoms. The second-order valence-corrected chi connectivity index (χ2v) is 5.27. The first-order valence-electron chi connectivity index (χ1n) is 7.06. The molecule has 0 radical (unpaired) electrons. The van der Waals surface area contributed by atoms with Crippen molar-refractivity contribution in [3.8, 4) is 11.5 Å². The summed E-state index contributed by atoms with van der Waals surface area (Å²) in [4.78, 5) is 1.25. The fourth-order valence-corrected chi connectivity index (χ4v) is 2.39. The number of hydrogen-bond acceptors (Lipinski definition) is 4. The van der Waals surface area contributed by atoms with Crippen LogP contribution in [0.25, 0.3) is 0 Å². The van der Waals surface area contributed by atoms with Crippen molar-refractivity contribution >= 4 is 17.4 Å². The summed E-state index contributed by atoms with van der Waals surface area (Å²) < 4.78 is 11.3. The Bertz CT molecular complexity index is 560. The highest BCUT2D eigenvalue weighted by molar-refractivity contribution is 7.98. The van der Waals surface area contributed by atoms with E-state index in [4.69, 9.17) is 9.47 Å². The van der Waals surface area contributed by atoms with Gasteiger partial charge in [-0.25, -0.2) is 0 Å². The molecule has 112 valence electrons. The van der Waals surface area contributed by atoms with Gasteiger partial charge in [-0.3, -0.25) is 0 Å². The van der Waals surface area contributed by atoms with Crippen molar-refractivity contribution in [2.45, 2.75) is 11.8 Å². The number of hydrogen-bond donors (Lipinski definition) is 1. The normalized spacial score (nSPS) is 10.2. The van der Waals surface area contributed by atoms with Gasteiger partial charge >= 0.3 is 0 Å². The zero-order valence-corrected chi connectivity index (χ0v) is 13.3. The molecule has 0 amide bonds. The monoisotopic (exact) mass is 303 g/mol. The molecule has 0 spiro atoms. The summed E-state index contributed by atoms with van der Waals surface area (Å²) in [5, 5.41) is 3.36. The van der Waals surface area contributed by atoms with E-state index in [1.165, 1.54) is 4.90 Å². The molecule has 2 aromatic carbocycles. The number of anilines is 1. The van der Waals surface area contributed by atoms with Crippen molar-refractivity contribution in [3.05, 3.63) is 48.5 Å². The maximum atomic E-state index is 5.78. The fraction of sp³-hybridized carbons (Fsp3) is 0.294. The van der Waals surface area contributed by atoms with E-state index in [0.717, 1.165) is 23.7 Å². The van der Waals surface area contributed by atoms with Gasteiger partial charge in [0.1, 0.15) is 6.61 Å². The lowest BCUT2D eigenvalue weighted by Gasteiger charge is -2.12. The van der Waals surface area contributed by atoms with Gasteiger partial charge in [-0.1, -0.05) is 18.2 Å². The minimum absolute atomic E-state index is 0.591. The Balaban J connectivity index is 1.81. The van der Waals surface area contributed by atoms with Gasteiger partial charge in [0.05, 0.1) is 6.61 Å².